The van der Waals surface area contributed by atoms with Crippen LogP contribution < -0.4 is 4.90 Å². The van der Waals surface area contributed by atoms with Crippen LogP contribution in [0, 0.1) is 0 Å². The highest BCUT2D eigenvalue weighted by atomic mass is 79.9. The van der Waals surface area contributed by atoms with Crippen LogP contribution in [0.3, 0.4) is 0 Å². The first-order chi connectivity index (χ1) is 9.65. The molecule has 0 radical (unpaired) electrons. The molecule has 1 aromatic heterocycles. The first-order valence-corrected chi connectivity index (χ1v) is 8.42. The number of carbonyl (C=O) groups is 1. The monoisotopic (exact) mass is 349 g/mol. The van der Waals surface area contributed by atoms with Gasteiger partial charge in [-0.1, -0.05) is 6.07 Å². The van der Waals surface area contributed by atoms with E-state index in [1.165, 1.54) is 23.4 Å². The van der Waals surface area contributed by atoms with Gasteiger partial charge in [-0.05, 0) is 65.3 Å². The Morgan fingerprint density at radius 1 is 1.40 bits per heavy atom. The molecule has 20 heavy (non-hydrogen) atoms. The van der Waals surface area contributed by atoms with Crippen molar-refractivity contribution >= 4 is 38.7 Å². The van der Waals surface area contributed by atoms with Crippen LogP contribution in [0.5, 0.6) is 0 Å². The fraction of sp³-hybridized carbons (Fsp3) is 0.312. The molecule has 3 rings (SSSR count). The van der Waals surface area contributed by atoms with E-state index in [2.05, 4.69) is 44.4 Å². The van der Waals surface area contributed by atoms with Crippen LogP contribution in [-0.2, 0) is 6.54 Å². The number of hydrogen-bond acceptors (Lipinski definition) is 3. The predicted octanol–water partition coefficient (Wildman–Crippen LogP) is 4.88. The summed E-state index contributed by atoms with van der Waals surface area (Å²) in [5.41, 5.74) is 1.94. The van der Waals surface area contributed by atoms with Gasteiger partial charge in [0.25, 0.3) is 0 Å². The molecule has 0 amide bonds. The van der Waals surface area contributed by atoms with Crippen molar-refractivity contribution < 1.29 is 4.79 Å². The molecule has 104 valence electrons. The molecule has 1 aromatic carbocycles. The average Bonchev–Trinajstić information content (AvgIpc) is 3.14. The van der Waals surface area contributed by atoms with Gasteiger partial charge in [-0.25, -0.2) is 0 Å². The summed E-state index contributed by atoms with van der Waals surface area (Å²) in [6.07, 6.45) is 2.51. The second-order valence-electron chi connectivity index (χ2n) is 5.16. The second kappa shape index (κ2) is 5.70. The topological polar surface area (TPSA) is 20.3 Å². The van der Waals surface area contributed by atoms with E-state index in [1.807, 2.05) is 12.1 Å². The molecule has 2 aromatic rings. The SMILES string of the molecule is CC(=O)c1ccc(N(Cc2cccs2)C2CC2)c(Br)c1. The molecular formula is C16H16BrNOS. The first kappa shape index (κ1) is 13.8. The number of Topliss-reactive ketones (excluding diaryl/α,β-unsaturated/α-hetero) is 1. The summed E-state index contributed by atoms with van der Waals surface area (Å²) in [5.74, 6) is 0.105. The summed E-state index contributed by atoms with van der Waals surface area (Å²) in [7, 11) is 0. The Morgan fingerprint density at radius 2 is 2.20 bits per heavy atom. The number of carbonyl (C=O) groups excluding carboxylic acids is 1. The van der Waals surface area contributed by atoms with E-state index >= 15 is 0 Å². The zero-order valence-electron chi connectivity index (χ0n) is 11.3. The smallest absolute Gasteiger partial charge is 0.159 e. The second-order valence-corrected chi connectivity index (χ2v) is 7.05. The molecule has 0 aliphatic heterocycles. The average molecular weight is 350 g/mol. The van der Waals surface area contributed by atoms with Gasteiger partial charge < -0.3 is 4.90 Å². The van der Waals surface area contributed by atoms with Crippen LogP contribution in [0.2, 0.25) is 0 Å². The summed E-state index contributed by atoms with van der Waals surface area (Å²) in [5, 5.41) is 2.12. The predicted molar refractivity (Wildman–Crippen MR) is 87.7 cm³/mol. The van der Waals surface area contributed by atoms with E-state index in [1.54, 1.807) is 18.3 Å². The lowest BCUT2D eigenvalue weighted by Gasteiger charge is -2.25. The number of anilines is 1. The molecule has 1 fully saturated rings. The maximum Gasteiger partial charge on any atom is 0.159 e. The molecule has 0 spiro atoms. The Labute approximate surface area is 131 Å². The third kappa shape index (κ3) is 2.96. The molecule has 4 heteroatoms. The van der Waals surface area contributed by atoms with Crippen molar-refractivity contribution in [2.45, 2.75) is 32.4 Å². The van der Waals surface area contributed by atoms with Crippen molar-refractivity contribution in [1.29, 1.82) is 0 Å². The summed E-state index contributed by atoms with van der Waals surface area (Å²) in [6, 6.07) is 10.8. The highest BCUT2D eigenvalue weighted by molar-refractivity contribution is 9.10. The number of thiophene rings is 1. The van der Waals surface area contributed by atoms with Crippen LogP contribution in [0.25, 0.3) is 0 Å². The van der Waals surface area contributed by atoms with Gasteiger partial charge in [-0.3, -0.25) is 4.79 Å². The Hall–Kier alpha value is -1.13. The summed E-state index contributed by atoms with van der Waals surface area (Å²) >= 11 is 5.42. The van der Waals surface area contributed by atoms with Crippen LogP contribution >= 0.6 is 27.3 Å². The lowest BCUT2D eigenvalue weighted by atomic mass is 10.1. The number of ketones is 1. The largest absolute Gasteiger partial charge is 0.362 e. The van der Waals surface area contributed by atoms with Gasteiger partial charge in [0.1, 0.15) is 0 Å². The third-order valence-corrected chi connectivity index (χ3v) is 5.05. The van der Waals surface area contributed by atoms with Crippen LogP contribution in [-0.4, -0.2) is 11.8 Å². The van der Waals surface area contributed by atoms with E-state index in [-0.39, 0.29) is 5.78 Å². The molecule has 0 bridgehead atoms. The minimum atomic E-state index is 0.105. The molecule has 1 aliphatic carbocycles. The summed E-state index contributed by atoms with van der Waals surface area (Å²) in [4.78, 5) is 15.3. The van der Waals surface area contributed by atoms with Gasteiger partial charge >= 0.3 is 0 Å². The van der Waals surface area contributed by atoms with E-state index in [0.29, 0.717) is 6.04 Å². The highest BCUT2D eigenvalue weighted by Crippen LogP contribution is 2.37. The summed E-state index contributed by atoms with van der Waals surface area (Å²) in [6.45, 7) is 2.55. The van der Waals surface area contributed by atoms with Crippen LogP contribution in [0.1, 0.15) is 35.0 Å². The number of nitrogens with zero attached hydrogens (tertiary/aromatic N) is 1. The lowest BCUT2D eigenvalue weighted by Crippen LogP contribution is -2.25. The van der Waals surface area contributed by atoms with Crippen molar-refractivity contribution in [3.05, 3.63) is 50.6 Å². The van der Waals surface area contributed by atoms with Crippen LogP contribution in [0.15, 0.2) is 40.2 Å². The molecular weight excluding hydrogens is 334 g/mol. The van der Waals surface area contributed by atoms with Gasteiger partial charge in [-0.2, -0.15) is 0 Å². The van der Waals surface area contributed by atoms with E-state index in [9.17, 15) is 4.79 Å². The van der Waals surface area contributed by atoms with Crippen molar-refractivity contribution in [1.82, 2.24) is 0 Å². The third-order valence-electron chi connectivity index (χ3n) is 3.56. The Kier molecular flexibility index (Phi) is 3.94. The number of rotatable bonds is 5. The Balaban J connectivity index is 1.89. The zero-order chi connectivity index (χ0) is 14.1. The van der Waals surface area contributed by atoms with E-state index < -0.39 is 0 Å². The molecule has 0 saturated heterocycles. The van der Waals surface area contributed by atoms with Gasteiger partial charge in [0.15, 0.2) is 5.78 Å². The zero-order valence-corrected chi connectivity index (χ0v) is 13.7. The maximum absolute atomic E-state index is 11.4. The maximum atomic E-state index is 11.4. The van der Waals surface area contributed by atoms with Gasteiger partial charge in [0, 0.05) is 21.0 Å². The Morgan fingerprint density at radius 3 is 2.75 bits per heavy atom. The van der Waals surface area contributed by atoms with Crippen molar-refractivity contribution in [3.63, 3.8) is 0 Å². The van der Waals surface area contributed by atoms with E-state index in [4.69, 9.17) is 0 Å². The van der Waals surface area contributed by atoms with E-state index in [0.717, 1.165) is 16.6 Å². The quantitative estimate of drug-likeness (QED) is 0.716. The standard InChI is InChI=1S/C16H16BrNOS/c1-11(19)12-4-7-16(15(17)9-12)18(13-5-6-13)10-14-3-2-8-20-14/h2-4,7-9,13H,5-6,10H2,1H3. The fourth-order valence-electron chi connectivity index (χ4n) is 2.33. The highest BCUT2D eigenvalue weighted by Gasteiger charge is 2.30. The minimum Gasteiger partial charge on any atom is -0.362 e. The van der Waals surface area contributed by atoms with Gasteiger partial charge in [0.2, 0.25) is 0 Å². The summed E-state index contributed by atoms with van der Waals surface area (Å²) < 4.78 is 1.01. The Bertz CT molecular complexity index is 619. The van der Waals surface area contributed by atoms with Crippen molar-refractivity contribution in [3.8, 4) is 0 Å². The molecule has 1 saturated carbocycles. The molecule has 0 N–H and O–H groups in total. The number of benzene rings is 1. The molecule has 0 unspecified atom stereocenters. The fourth-order valence-corrected chi connectivity index (χ4v) is 3.64. The minimum absolute atomic E-state index is 0.105. The molecule has 1 heterocycles. The van der Waals surface area contributed by atoms with Crippen molar-refractivity contribution in [2.24, 2.45) is 0 Å². The normalized spacial score (nSPS) is 14.3. The number of halogens is 1. The van der Waals surface area contributed by atoms with Gasteiger partial charge in [-0.15, -0.1) is 11.3 Å². The molecule has 2 nitrogen and oxygen atoms in total. The molecule has 0 atom stereocenters. The van der Waals surface area contributed by atoms with Crippen molar-refractivity contribution in [2.75, 3.05) is 4.90 Å². The van der Waals surface area contributed by atoms with Crippen LogP contribution in [0.4, 0.5) is 5.69 Å². The number of hydrogen-bond donors (Lipinski definition) is 0. The first-order valence-electron chi connectivity index (χ1n) is 6.74. The van der Waals surface area contributed by atoms with Gasteiger partial charge in [0.05, 0.1) is 12.2 Å². The molecule has 1 aliphatic rings. The lowest BCUT2D eigenvalue weighted by molar-refractivity contribution is 0.101.